The topological polar surface area (TPSA) is 29.1 Å². The Hall–Kier alpha value is -3.39. The van der Waals surface area contributed by atoms with Crippen LogP contribution >= 0.6 is 0 Å². The molecule has 152 valence electrons. The molecule has 31 heavy (non-hydrogen) atoms. The average molecular weight is 404 g/mol. The number of allylic oxidation sites excluding steroid dienone is 2. The van der Waals surface area contributed by atoms with Crippen LogP contribution < -0.4 is 5.32 Å². The van der Waals surface area contributed by atoms with Gasteiger partial charge in [0.05, 0.1) is 11.7 Å². The molecule has 4 aromatic rings. The van der Waals surface area contributed by atoms with E-state index in [-0.39, 0.29) is 17.2 Å². The van der Waals surface area contributed by atoms with E-state index in [9.17, 15) is 4.79 Å². The van der Waals surface area contributed by atoms with Crippen LogP contribution in [0.5, 0.6) is 0 Å². The van der Waals surface area contributed by atoms with Crippen LogP contribution in [-0.2, 0) is 4.79 Å². The second-order valence-electron chi connectivity index (χ2n) is 9.69. The Morgan fingerprint density at radius 2 is 1.42 bits per heavy atom. The first-order valence-electron chi connectivity index (χ1n) is 11.0. The molecule has 0 bridgehead atoms. The molecular weight excluding hydrogens is 378 g/mol. The fourth-order valence-corrected chi connectivity index (χ4v) is 5.54. The van der Waals surface area contributed by atoms with Gasteiger partial charge in [-0.05, 0) is 55.6 Å². The summed E-state index contributed by atoms with van der Waals surface area (Å²) in [6.07, 6.45) is 1.49. The van der Waals surface area contributed by atoms with Gasteiger partial charge in [0.25, 0.3) is 0 Å². The summed E-state index contributed by atoms with van der Waals surface area (Å²) in [5.74, 6) is 0.232. The minimum Gasteiger partial charge on any atom is -0.371 e. The van der Waals surface area contributed by atoms with Crippen LogP contribution in [0.2, 0.25) is 0 Å². The zero-order valence-corrected chi connectivity index (χ0v) is 17.9. The number of carbonyl (C=O) groups excluding carboxylic acids is 1. The van der Waals surface area contributed by atoms with Gasteiger partial charge in [0.15, 0.2) is 5.78 Å². The maximum absolute atomic E-state index is 13.3. The molecule has 0 saturated carbocycles. The molecule has 0 saturated heterocycles. The number of carbonyl (C=O) groups is 1. The molecule has 0 amide bonds. The van der Waals surface area contributed by atoms with Gasteiger partial charge >= 0.3 is 0 Å². The van der Waals surface area contributed by atoms with E-state index < -0.39 is 0 Å². The van der Waals surface area contributed by atoms with Gasteiger partial charge in [-0.25, -0.2) is 0 Å². The fourth-order valence-electron chi connectivity index (χ4n) is 5.54. The molecule has 0 radical (unpaired) electrons. The van der Waals surface area contributed by atoms with E-state index in [1.165, 1.54) is 43.8 Å². The number of ketones is 1. The smallest absolute Gasteiger partial charge is 0.179 e. The normalized spacial score (nSPS) is 19.8. The minimum atomic E-state index is -0.0466. The highest BCUT2D eigenvalue weighted by Gasteiger charge is 2.39. The highest BCUT2D eigenvalue weighted by Crippen LogP contribution is 2.49. The van der Waals surface area contributed by atoms with Crippen molar-refractivity contribution in [3.8, 4) is 0 Å². The quantitative estimate of drug-likeness (QED) is 0.379. The highest BCUT2D eigenvalue weighted by atomic mass is 16.1. The lowest BCUT2D eigenvalue weighted by atomic mass is 9.70. The standard InChI is InChI=1S/C29H25NO/c1-29(2)16-24-26-21-12-6-4-9-19(21)14-15-23(26)27(30-28(24)25(31)17-29)22-13-7-10-18-8-3-5-11-20(18)22/h3-15,27,30H,16-17H2,1-2H3. The van der Waals surface area contributed by atoms with Crippen LogP contribution in [0, 0.1) is 5.41 Å². The van der Waals surface area contributed by atoms with Crippen molar-refractivity contribution in [3.63, 3.8) is 0 Å². The summed E-state index contributed by atoms with van der Waals surface area (Å²) in [6, 6.07) is 28.0. The summed E-state index contributed by atoms with van der Waals surface area (Å²) in [5.41, 5.74) is 5.72. The Kier molecular flexibility index (Phi) is 3.89. The summed E-state index contributed by atoms with van der Waals surface area (Å²) in [4.78, 5) is 13.3. The van der Waals surface area contributed by atoms with Gasteiger partial charge in [-0.2, -0.15) is 0 Å². The Morgan fingerprint density at radius 3 is 2.23 bits per heavy atom. The van der Waals surface area contributed by atoms with E-state index in [2.05, 4.69) is 98.0 Å². The third-order valence-corrected chi connectivity index (χ3v) is 6.87. The van der Waals surface area contributed by atoms with Crippen molar-refractivity contribution in [1.82, 2.24) is 5.32 Å². The van der Waals surface area contributed by atoms with E-state index >= 15 is 0 Å². The number of nitrogens with one attached hydrogen (secondary N) is 1. The molecule has 1 N–H and O–H groups in total. The Labute approximate surface area is 182 Å². The van der Waals surface area contributed by atoms with Crippen molar-refractivity contribution in [1.29, 1.82) is 0 Å². The summed E-state index contributed by atoms with van der Waals surface area (Å²) in [6.45, 7) is 4.41. The molecule has 0 aromatic heterocycles. The fraction of sp³-hybridized carbons (Fsp3) is 0.207. The van der Waals surface area contributed by atoms with Crippen molar-refractivity contribution in [2.75, 3.05) is 0 Å². The Bertz CT molecular complexity index is 1400. The second kappa shape index (κ2) is 6.55. The SMILES string of the molecule is CC1(C)CC(=O)C2=C(C1)c1c(ccc3ccccc13)C(c1cccc3ccccc13)N2. The molecule has 1 heterocycles. The predicted octanol–water partition coefficient (Wildman–Crippen LogP) is 6.79. The second-order valence-corrected chi connectivity index (χ2v) is 9.69. The summed E-state index contributed by atoms with van der Waals surface area (Å²) in [5, 5.41) is 8.62. The number of fused-ring (bicyclic) bond motifs is 5. The van der Waals surface area contributed by atoms with Crippen LogP contribution in [0.1, 0.15) is 49.4 Å². The van der Waals surface area contributed by atoms with Crippen molar-refractivity contribution < 1.29 is 4.79 Å². The van der Waals surface area contributed by atoms with Gasteiger partial charge in [0, 0.05) is 6.42 Å². The number of hydrogen-bond donors (Lipinski definition) is 1. The summed E-state index contributed by atoms with van der Waals surface area (Å²) >= 11 is 0. The number of rotatable bonds is 1. The van der Waals surface area contributed by atoms with Crippen LogP contribution in [0.15, 0.2) is 84.6 Å². The predicted molar refractivity (Wildman–Crippen MR) is 128 cm³/mol. The van der Waals surface area contributed by atoms with E-state index in [0.29, 0.717) is 6.42 Å². The van der Waals surface area contributed by atoms with Gasteiger partial charge in [-0.1, -0.05) is 92.7 Å². The molecule has 0 fully saturated rings. The van der Waals surface area contributed by atoms with E-state index in [1.807, 2.05) is 0 Å². The summed E-state index contributed by atoms with van der Waals surface area (Å²) < 4.78 is 0. The van der Waals surface area contributed by atoms with Gasteiger partial charge in [-0.3, -0.25) is 4.79 Å². The highest BCUT2D eigenvalue weighted by molar-refractivity contribution is 6.09. The lowest BCUT2D eigenvalue weighted by Gasteiger charge is -2.39. The zero-order chi connectivity index (χ0) is 21.2. The van der Waals surface area contributed by atoms with Gasteiger partial charge in [0.2, 0.25) is 0 Å². The van der Waals surface area contributed by atoms with Crippen LogP contribution in [0.4, 0.5) is 0 Å². The molecule has 1 atom stereocenters. The third kappa shape index (κ3) is 2.82. The first-order chi connectivity index (χ1) is 15.0. The zero-order valence-electron chi connectivity index (χ0n) is 17.9. The van der Waals surface area contributed by atoms with Crippen molar-refractivity contribution in [2.45, 2.75) is 32.7 Å². The molecule has 1 aliphatic carbocycles. The number of Topliss-reactive ketones (excluding diaryl/α,β-unsaturated/α-hetero) is 1. The third-order valence-electron chi connectivity index (χ3n) is 6.87. The van der Waals surface area contributed by atoms with E-state index in [1.54, 1.807) is 0 Å². The number of hydrogen-bond acceptors (Lipinski definition) is 2. The maximum atomic E-state index is 13.3. The van der Waals surface area contributed by atoms with Crippen LogP contribution in [0.25, 0.3) is 27.1 Å². The maximum Gasteiger partial charge on any atom is 0.179 e. The Morgan fingerprint density at radius 1 is 0.742 bits per heavy atom. The molecule has 0 spiro atoms. The average Bonchev–Trinajstić information content (AvgIpc) is 2.77. The molecule has 1 aliphatic heterocycles. The van der Waals surface area contributed by atoms with Crippen molar-refractivity contribution in [3.05, 3.63) is 101 Å². The van der Waals surface area contributed by atoms with Crippen molar-refractivity contribution in [2.24, 2.45) is 5.41 Å². The van der Waals surface area contributed by atoms with Gasteiger partial charge < -0.3 is 5.32 Å². The van der Waals surface area contributed by atoms with Crippen LogP contribution in [-0.4, -0.2) is 5.78 Å². The van der Waals surface area contributed by atoms with Gasteiger partial charge in [0.1, 0.15) is 0 Å². The monoisotopic (exact) mass is 403 g/mol. The largest absolute Gasteiger partial charge is 0.371 e. The van der Waals surface area contributed by atoms with Crippen molar-refractivity contribution >= 4 is 32.9 Å². The molecule has 4 aromatic carbocycles. The number of benzene rings is 4. The molecule has 1 unspecified atom stereocenters. The minimum absolute atomic E-state index is 0.0297. The summed E-state index contributed by atoms with van der Waals surface area (Å²) in [7, 11) is 0. The van der Waals surface area contributed by atoms with Gasteiger partial charge in [-0.15, -0.1) is 0 Å². The molecule has 2 aliphatic rings. The molecule has 6 rings (SSSR count). The molecule has 2 heteroatoms. The Balaban J connectivity index is 1.67. The van der Waals surface area contributed by atoms with E-state index in [0.717, 1.165) is 12.1 Å². The van der Waals surface area contributed by atoms with Crippen LogP contribution in [0.3, 0.4) is 0 Å². The van der Waals surface area contributed by atoms with E-state index in [4.69, 9.17) is 0 Å². The molecule has 2 nitrogen and oxygen atoms in total. The first kappa shape index (κ1) is 18.4. The lowest BCUT2D eigenvalue weighted by molar-refractivity contribution is -0.118. The molecular formula is C29H25NO. The first-order valence-corrected chi connectivity index (χ1v) is 11.0. The lowest BCUT2D eigenvalue weighted by Crippen LogP contribution is -2.37.